The fourth-order valence-corrected chi connectivity index (χ4v) is 7.84. The molecule has 1 heterocycles. The molecule has 4 fully saturated rings. The minimum Gasteiger partial charge on any atom is -0.343 e. The molecule has 8 atom stereocenters. The Labute approximate surface area is 165 Å². The zero-order valence-electron chi connectivity index (χ0n) is 18.1. The van der Waals surface area contributed by atoms with Gasteiger partial charge in [-0.15, -0.1) is 0 Å². The van der Waals surface area contributed by atoms with Gasteiger partial charge < -0.3 is 9.47 Å². The second-order valence-corrected chi connectivity index (χ2v) is 10.8. The second kappa shape index (κ2) is 6.20. The second-order valence-electron chi connectivity index (χ2n) is 10.8. The molecule has 5 aliphatic rings. The summed E-state index contributed by atoms with van der Waals surface area (Å²) in [5.74, 6) is 5.09. The normalized spacial score (nSPS) is 47.0. The molecule has 2 heteroatoms. The Bertz CT molecular complexity index is 664. The van der Waals surface area contributed by atoms with Crippen LogP contribution in [0.25, 0.3) is 0 Å². The smallest absolute Gasteiger partial charge is 0.173 e. The Balaban J connectivity index is 1.40. The lowest BCUT2D eigenvalue weighted by molar-refractivity contribution is -0.240. The first-order valence-corrected chi connectivity index (χ1v) is 11.6. The van der Waals surface area contributed by atoms with Crippen LogP contribution in [0.1, 0.15) is 67.2 Å². The van der Waals surface area contributed by atoms with Gasteiger partial charge in [0.1, 0.15) is 0 Å². The number of hydrogen-bond donors (Lipinski definition) is 0. The van der Waals surface area contributed by atoms with Gasteiger partial charge in [-0.25, -0.2) is 0 Å². The highest BCUT2D eigenvalue weighted by molar-refractivity contribution is 5.38. The minimum absolute atomic E-state index is 0.308. The summed E-state index contributed by atoms with van der Waals surface area (Å²) in [6, 6.07) is 0. The number of allylic oxidation sites excluding steroid dienone is 4. The van der Waals surface area contributed by atoms with Crippen LogP contribution in [0.2, 0.25) is 0 Å². The molecule has 1 saturated heterocycles. The Morgan fingerprint density at radius 3 is 2.26 bits per heavy atom. The SMILES string of the molecule is CC[C@H]1C2=CC=C3[C@H]4C[C@H]5OC(C(C)C)(C(C)C)O[C@H]5[C@H]4C[C@H]3[C@@H]2C[C@H]1C. The summed E-state index contributed by atoms with van der Waals surface area (Å²) >= 11 is 0. The molecule has 3 saturated carbocycles. The van der Waals surface area contributed by atoms with Crippen LogP contribution in [0.4, 0.5) is 0 Å². The lowest BCUT2D eigenvalue weighted by atomic mass is 9.76. The van der Waals surface area contributed by atoms with E-state index in [0.29, 0.717) is 35.9 Å². The van der Waals surface area contributed by atoms with Crippen molar-refractivity contribution in [2.24, 2.45) is 47.3 Å². The molecule has 0 spiro atoms. The molecule has 150 valence electrons. The van der Waals surface area contributed by atoms with Gasteiger partial charge in [0, 0.05) is 11.8 Å². The molecule has 0 amide bonds. The van der Waals surface area contributed by atoms with Crippen LogP contribution in [0.3, 0.4) is 0 Å². The standard InChI is InChI=1S/C25H38O2/c1-7-16-15(6)10-19-17(16)8-9-18-20(19)11-22-21(18)12-23-24(22)27-25(26-23,13(2)3)14(4)5/h8-9,13-16,19-24H,7,10-12H2,1-6H3/t15-,16-,19-,20-,21-,22+,23-,24+/m1/s1. The zero-order chi connectivity index (χ0) is 19.1. The first kappa shape index (κ1) is 18.4. The monoisotopic (exact) mass is 370 g/mol. The third-order valence-electron chi connectivity index (χ3n) is 9.00. The lowest BCUT2D eigenvalue weighted by Gasteiger charge is -2.37. The molecule has 2 nitrogen and oxygen atoms in total. The van der Waals surface area contributed by atoms with E-state index in [9.17, 15) is 0 Å². The van der Waals surface area contributed by atoms with Crippen molar-refractivity contribution in [1.29, 1.82) is 0 Å². The lowest BCUT2D eigenvalue weighted by Crippen LogP contribution is -2.43. The van der Waals surface area contributed by atoms with E-state index in [1.165, 1.54) is 25.7 Å². The molecule has 0 unspecified atom stereocenters. The summed E-state index contributed by atoms with van der Waals surface area (Å²) in [5.41, 5.74) is 3.52. The van der Waals surface area contributed by atoms with Gasteiger partial charge in [-0.1, -0.05) is 64.8 Å². The highest BCUT2D eigenvalue weighted by Gasteiger charge is 2.62. The van der Waals surface area contributed by atoms with E-state index in [1.54, 1.807) is 11.1 Å². The summed E-state index contributed by atoms with van der Waals surface area (Å²) < 4.78 is 13.5. The number of rotatable bonds is 3. The maximum absolute atomic E-state index is 6.82. The molecule has 4 aliphatic carbocycles. The Morgan fingerprint density at radius 1 is 0.926 bits per heavy atom. The van der Waals surface area contributed by atoms with Gasteiger partial charge in [-0.05, 0) is 61.2 Å². The first-order valence-electron chi connectivity index (χ1n) is 11.6. The predicted molar refractivity (Wildman–Crippen MR) is 109 cm³/mol. The maximum atomic E-state index is 6.82. The van der Waals surface area contributed by atoms with Crippen LogP contribution >= 0.6 is 0 Å². The minimum atomic E-state index is -0.374. The summed E-state index contributed by atoms with van der Waals surface area (Å²) in [5, 5.41) is 0. The van der Waals surface area contributed by atoms with Crippen molar-refractivity contribution in [2.75, 3.05) is 0 Å². The first-order chi connectivity index (χ1) is 12.9. The Morgan fingerprint density at radius 2 is 1.59 bits per heavy atom. The van der Waals surface area contributed by atoms with E-state index in [0.717, 1.165) is 23.7 Å². The predicted octanol–water partition coefficient (Wildman–Crippen LogP) is 5.98. The highest BCUT2D eigenvalue weighted by Crippen LogP contribution is 2.63. The molecule has 0 aromatic rings. The van der Waals surface area contributed by atoms with E-state index in [4.69, 9.17) is 9.47 Å². The van der Waals surface area contributed by atoms with Crippen molar-refractivity contribution in [3.8, 4) is 0 Å². The molecular formula is C25H38O2. The third kappa shape index (κ3) is 2.38. The molecule has 27 heavy (non-hydrogen) atoms. The fraction of sp³-hybridized carbons (Fsp3) is 0.840. The molecule has 0 aromatic carbocycles. The largest absolute Gasteiger partial charge is 0.343 e. The maximum Gasteiger partial charge on any atom is 0.173 e. The molecule has 0 bridgehead atoms. The van der Waals surface area contributed by atoms with Gasteiger partial charge in [-0.2, -0.15) is 0 Å². The van der Waals surface area contributed by atoms with Crippen LogP contribution in [-0.2, 0) is 9.47 Å². The van der Waals surface area contributed by atoms with Crippen LogP contribution in [0.15, 0.2) is 23.3 Å². The van der Waals surface area contributed by atoms with Crippen molar-refractivity contribution in [3.05, 3.63) is 23.3 Å². The van der Waals surface area contributed by atoms with Gasteiger partial charge in [0.05, 0.1) is 12.2 Å². The molecule has 0 aromatic heterocycles. The van der Waals surface area contributed by atoms with E-state index < -0.39 is 0 Å². The number of hydrogen-bond acceptors (Lipinski definition) is 2. The Hall–Kier alpha value is -0.600. The summed E-state index contributed by atoms with van der Waals surface area (Å²) in [6.45, 7) is 13.9. The van der Waals surface area contributed by atoms with Gasteiger partial charge in [0.25, 0.3) is 0 Å². The number of ether oxygens (including phenoxy) is 2. The third-order valence-corrected chi connectivity index (χ3v) is 9.00. The van der Waals surface area contributed by atoms with Crippen molar-refractivity contribution in [2.45, 2.75) is 85.2 Å². The van der Waals surface area contributed by atoms with Gasteiger partial charge in [0.15, 0.2) is 5.79 Å². The zero-order valence-corrected chi connectivity index (χ0v) is 18.1. The summed E-state index contributed by atoms with van der Waals surface area (Å²) in [7, 11) is 0. The van der Waals surface area contributed by atoms with Crippen molar-refractivity contribution < 1.29 is 9.47 Å². The average Bonchev–Trinajstić information content (AvgIpc) is 3.30. The Kier molecular flexibility index (Phi) is 4.23. The number of fused-ring (bicyclic) bond motifs is 7. The van der Waals surface area contributed by atoms with Gasteiger partial charge >= 0.3 is 0 Å². The van der Waals surface area contributed by atoms with Gasteiger partial charge in [-0.3, -0.25) is 0 Å². The summed E-state index contributed by atoms with van der Waals surface area (Å²) in [4.78, 5) is 0. The average molecular weight is 371 g/mol. The van der Waals surface area contributed by atoms with Crippen LogP contribution in [-0.4, -0.2) is 18.0 Å². The van der Waals surface area contributed by atoms with Crippen molar-refractivity contribution in [3.63, 3.8) is 0 Å². The van der Waals surface area contributed by atoms with E-state index in [1.807, 2.05) is 0 Å². The van der Waals surface area contributed by atoms with Crippen LogP contribution < -0.4 is 0 Å². The van der Waals surface area contributed by atoms with Gasteiger partial charge in [0.2, 0.25) is 0 Å². The molecule has 1 aliphatic heterocycles. The summed E-state index contributed by atoms with van der Waals surface area (Å²) in [6.07, 6.45) is 10.9. The van der Waals surface area contributed by atoms with Crippen LogP contribution in [0.5, 0.6) is 0 Å². The quantitative estimate of drug-likeness (QED) is 0.608. The van der Waals surface area contributed by atoms with Crippen LogP contribution in [0, 0.1) is 47.3 Å². The fourth-order valence-electron chi connectivity index (χ4n) is 7.84. The molecule has 0 N–H and O–H groups in total. The van der Waals surface area contributed by atoms with E-state index in [-0.39, 0.29) is 5.79 Å². The molecular weight excluding hydrogens is 332 g/mol. The highest BCUT2D eigenvalue weighted by atomic mass is 16.8. The van der Waals surface area contributed by atoms with Crippen molar-refractivity contribution in [1.82, 2.24) is 0 Å². The molecule has 5 rings (SSSR count). The van der Waals surface area contributed by atoms with E-state index >= 15 is 0 Å². The molecule has 0 radical (unpaired) electrons. The van der Waals surface area contributed by atoms with E-state index in [2.05, 4.69) is 53.7 Å². The topological polar surface area (TPSA) is 18.5 Å². The van der Waals surface area contributed by atoms with Crippen molar-refractivity contribution >= 4 is 0 Å².